The van der Waals surface area contributed by atoms with Gasteiger partial charge in [0.25, 0.3) is 5.91 Å². The lowest BCUT2D eigenvalue weighted by atomic mass is 9.92. The topological polar surface area (TPSA) is 130 Å². The van der Waals surface area contributed by atoms with E-state index in [0.717, 1.165) is 16.6 Å². The highest BCUT2D eigenvalue weighted by Gasteiger charge is 2.26. The van der Waals surface area contributed by atoms with E-state index in [4.69, 9.17) is 18.6 Å². The van der Waals surface area contributed by atoms with Gasteiger partial charge in [-0.1, -0.05) is 25.1 Å². The molecule has 0 aliphatic heterocycles. The van der Waals surface area contributed by atoms with Gasteiger partial charge >= 0.3 is 0 Å². The number of hydrogen-bond donors (Lipinski definition) is 4. The Kier molecular flexibility index (Phi) is 8.24. The van der Waals surface area contributed by atoms with Crippen molar-refractivity contribution in [3.05, 3.63) is 89.7 Å². The van der Waals surface area contributed by atoms with E-state index in [1.165, 1.54) is 19.2 Å². The molecular weight excluding hydrogens is 589 g/mol. The van der Waals surface area contributed by atoms with Crippen molar-refractivity contribution in [2.45, 2.75) is 13.8 Å². The summed E-state index contributed by atoms with van der Waals surface area (Å²) >= 11 is 0. The number of hydrogen-bond acceptors (Lipinski definition) is 8. The van der Waals surface area contributed by atoms with Crippen LogP contribution in [0.1, 0.15) is 22.8 Å². The maximum Gasteiger partial charge on any atom is 0.255 e. The van der Waals surface area contributed by atoms with Crippen LogP contribution >= 0.6 is 0 Å². The predicted octanol–water partition coefficient (Wildman–Crippen LogP) is 6.79. The number of aliphatic hydroxyl groups excluding tert-OH is 2. The van der Waals surface area contributed by atoms with Crippen molar-refractivity contribution in [1.82, 2.24) is 10.3 Å². The van der Waals surface area contributed by atoms with E-state index < -0.39 is 11.2 Å². The lowest BCUT2D eigenvalue weighted by molar-refractivity contribution is 0.0806. The highest BCUT2D eigenvalue weighted by Crippen LogP contribution is 2.42. The Morgan fingerprint density at radius 2 is 1.70 bits per heavy atom. The molecule has 4 aromatic carbocycles. The van der Waals surface area contributed by atoms with Crippen molar-refractivity contribution in [2.24, 2.45) is 5.41 Å². The normalized spacial score (nSPS) is 11.7. The van der Waals surface area contributed by atoms with Gasteiger partial charge in [-0.25, -0.2) is 9.37 Å². The molecule has 0 bridgehead atoms. The number of rotatable bonds is 10. The van der Waals surface area contributed by atoms with Gasteiger partial charge in [0.15, 0.2) is 5.58 Å². The number of fused-ring (bicyclic) bond motifs is 2. The maximum atomic E-state index is 13.8. The van der Waals surface area contributed by atoms with Gasteiger partial charge in [-0.3, -0.25) is 4.79 Å². The molecule has 0 radical (unpaired) electrons. The molecule has 6 rings (SSSR count). The summed E-state index contributed by atoms with van der Waals surface area (Å²) in [7, 11) is 3.11. The smallest absolute Gasteiger partial charge is 0.255 e. The monoisotopic (exact) mass is 623 g/mol. The first-order valence-electron chi connectivity index (χ1n) is 14.8. The Balaban J connectivity index is 1.58. The molecule has 0 aliphatic carbocycles. The number of methoxy groups -OCH3 is 1. The molecule has 10 heteroatoms. The number of nitrogens with zero attached hydrogens (tertiary/aromatic N) is 1. The fourth-order valence-corrected chi connectivity index (χ4v) is 5.40. The Morgan fingerprint density at radius 3 is 2.37 bits per heavy atom. The number of oxazole rings is 1. The van der Waals surface area contributed by atoms with E-state index in [-0.39, 0.29) is 25.7 Å². The fourth-order valence-electron chi connectivity index (χ4n) is 5.40. The van der Waals surface area contributed by atoms with Crippen molar-refractivity contribution >= 4 is 33.7 Å². The zero-order valence-electron chi connectivity index (χ0n) is 25.9. The molecule has 2 heterocycles. The first kappa shape index (κ1) is 30.8. The number of furan rings is 1. The van der Waals surface area contributed by atoms with Gasteiger partial charge in [0.1, 0.15) is 28.4 Å². The highest BCUT2D eigenvalue weighted by molar-refractivity contribution is 6.13. The summed E-state index contributed by atoms with van der Waals surface area (Å²) in [5.74, 6) is 0.472. The second-order valence-corrected chi connectivity index (χ2v) is 11.6. The highest BCUT2D eigenvalue weighted by atomic mass is 19.1. The molecule has 1 amide bonds. The number of aromatic nitrogens is 1. The van der Waals surface area contributed by atoms with E-state index >= 15 is 0 Å². The maximum absolute atomic E-state index is 13.8. The summed E-state index contributed by atoms with van der Waals surface area (Å²) < 4.78 is 31.9. The van der Waals surface area contributed by atoms with Crippen LogP contribution in [-0.4, -0.2) is 55.0 Å². The van der Waals surface area contributed by atoms with Crippen molar-refractivity contribution in [3.63, 3.8) is 0 Å². The SMILES string of the molecule is CNC(=O)c1c(-c2ccc(F)cc2)oc2cc(NCC(C)(CO)CO)c(-c3ccc(OC)c(-c4nc5c(C)cccc5o4)c3)cc12. The summed E-state index contributed by atoms with van der Waals surface area (Å²) in [6, 6.07) is 20.7. The molecule has 9 nitrogen and oxygen atoms in total. The van der Waals surface area contributed by atoms with Gasteiger partial charge in [0, 0.05) is 47.3 Å². The molecule has 0 saturated carbocycles. The number of carbonyl (C=O) groups excluding carboxylic acids is 1. The molecular formula is C36H34FN3O6. The molecule has 0 aliphatic rings. The molecule has 4 N–H and O–H groups in total. The third kappa shape index (κ3) is 5.57. The molecule has 0 unspecified atom stereocenters. The molecule has 6 aromatic rings. The molecule has 0 spiro atoms. The minimum Gasteiger partial charge on any atom is -0.496 e. The van der Waals surface area contributed by atoms with Crippen LogP contribution in [0.15, 0.2) is 81.6 Å². The summed E-state index contributed by atoms with van der Waals surface area (Å²) in [6.07, 6.45) is 0. The summed E-state index contributed by atoms with van der Waals surface area (Å²) in [6.45, 7) is 3.49. The van der Waals surface area contributed by atoms with Gasteiger partial charge in [-0.05, 0) is 66.6 Å². The van der Waals surface area contributed by atoms with E-state index in [9.17, 15) is 19.4 Å². The van der Waals surface area contributed by atoms with Gasteiger partial charge in [0.2, 0.25) is 5.89 Å². The Hall–Kier alpha value is -5.19. The molecule has 46 heavy (non-hydrogen) atoms. The Morgan fingerprint density at radius 1 is 0.957 bits per heavy atom. The standard InChI is InChI=1S/C36H34FN3O6/c1-20-6-5-7-29-32(20)40-35(46-29)26-14-22(10-13-28(26)44-4)24-15-25-30(16-27(24)39-17-36(2,18-41)19-42)45-33(31(25)34(43)38-3)21-8-11-23(37)12-9-21/h5-16,39,41-42H,17-19H2,1-4H3,(H,38,43). The van der Waals surface area contributed by atoms with Crippen LogP contribution in [0.3, 0.4) is 0 Å². The number of carbonyl (C=O) groups is 1. The quantitative estimate of drug-likeness (QED) is 0.131. The Bertz CT molecular complexity index is 2060. The number of ether oxygens (including phenoxy) is 1. The van der Waals surface area contributed by atoms with Crippen LogP contribution in [0, 0.1) is 18.2 Å². The van der Waals surface area contributed by atoms with Crippen LogP contribution in [0.4, 0.5) is 10.1 Å². The third-order valence-electron chi connectivity index (χ3n) is 8.22. The first-order chi connectivity index (χ1) is 22.2. The molecule has 0 saturated heterocycles. The summed E-state index contributed by atoms with van der Waals surface area (Å²) in [4.78, 5) is 18.1. The van der Waals surface area contributed by atoms with Crippen LogP contribution < -0.4 is 15.4 Å². The number of anilines is 1. The van der Waals surface area contributed by atoms with E-state index in [1.807, 2.05) is 49.4 Å². The van der Waals surface area contributed by atoms with Gasteiger partial charge in [0.05, 0.1) is 31.5 Å². The number of para-hydroxylation sites is 1. The predicted molar refractivity (Wildman–Crippen MR) is 175 cm³/mol. The summed E-state index contributed by atoms with van der Waals surface area (Å²) in [5, 5.41) is 26.6. The van der Waals surface area contributed by atoms with Crippen LogP contribution in [0.2, 0.25) is 0 Å². The molecule has 2 aromatic heterocycles. The number of benzene rings is 4. The average molecular weight is 624 g/mol. The largest absolute Gasteiger partial charge is 0.496 e. The van der Waals surface area contributed by atoms with Crippen molar-refractivity contribution in [1.29, 1.82) is 0 Å². The first-order valence-corrected chi connectivity index (χ1v) is 14.8. The van der Waals surface area contributed by atoms with Crippen molar-refractivity contribution < 1.29 is 33.0 Å². The number of halogens is 1. The minimum atomic E-state index is -0.816. The fraction of sp³-hybridized carbons (Fsp3) is 0.222. The Labute approximate surface area is 264 Å². The number of nitrogens with one attached hydrogen (secondary N) is 2. The zero-order valence-corrected chi connectivity index (χ0v) is 25.9. The third-order valence-corrected chi connectivity index (χ3v) is 8.22. The second kappa shape index (κ2) is 12.3. The van der Waals surface area contributed by atoms with Crippen molar-refractivity contribution in [2.75, 3.05) is 39.2 Å². The average Bonchev–Trinajstić information content (AvgIpc) is 3.69. The van der Waals surface area contributed by atoms with E-state index in [2.05, 4.69) is 10.6 Å². The van der Waals surface area contributed by atoms with Gasteiger partial charge in [-0.15, -0.1) is 0 Å². The van der Waals surface area contributed by atoms with E-state index in [0.29, 0.717) is 61.9 Å². The van der Waals surface area contributed by atoms with Crippen LogP contribution in [0.25, 0.3) is 56.0 Å². The van der Waals surface area contributed by atoms with Crippen LogP contribution in [-0.2, 0) is 0 Å². The zero-order chi connectivity index (χ0) is 32.6. The van der Waals surface area contributed by atoms with Gasteiger partial charge < -0.3 is 34.4 Å². The van der Waals surface area contributed by atoms with E-state index in [1.54, 1.807) is 32.2 Å². The van der Waals surface area contributed by atoms with Crippen LogP contribution in [0.5, 0.6) is 5.75 Å². The number of amides is 1. The van der Waals surface area contributed by atoms with Crippen molar-refractivity contribution in [3.8, 4) is 39.7 Å². The molecule has 0 fully saturated rings. The summed E-state index contributed by atoms with van der Waals surface area (Å²) in [5.41, 5.74) is 5.55. The second-order valence-electron chi connectivity index (χ2n) is 11.6. The lowest BCUT2D eigenvalue weighted by Gasteiger charge is -2.26. The molecule has 0 atom stereocenters. The number of aliphatic hydroxyl groups is 2. The molecule has 236 valence electrons. The minimum absolute atomic E-state index is 0.236. The lowest BCUT2D eigenvalue weighted by Crippen LogP contribution is -2.34. The number of aryl methyl sites for hydroxylation is 1. The van der Waals surface area contributed by atoms with Gasteiger partial charge in [-0.2, -0.15) is 0 Å².